The molecule has 2 saturated heterocycles. The molecule has 0 aliphatic carbocycles. The van der Waals surface area contributed by atoms with Crippen molar-refractivity contribution in [3.05, 3.63) is 54.9 Å². The Bertz CT molecular complexity index is 1560. The number of pyridine rings is 1. The van der Waals surface area contributed by atoms with Crippen LogP contribution in [0, 0.1) is 11.2 Å². The highest BCUT2D eigenvalue weighted by Gasteiger charge is 2.50. The van der Waals surface area contributed by atoms with Crippen molar-refractivity contribution >= 4 is 40.4 Å². The SMILES string of the molecule is C[C@@H]1OCC2(CCN(c3ncc(Sc4ccnc5c(F)cccc45)c4nccn34)CC2)[C@@H]1NC(=O)OC(C)(C)C. The first kappa shape index (κ1) is 26.8. The molecule has 5 heterocycles. The Morgan fingerprint density at radius 1 is 1.15 bits per heavy atom. The second kappa shape index (κ2) is 10.2. The van der Waals surface area contributed by atoms with Gasteiger partial charge in [-0.25, -0.2) is 19.2 Å². The predicted octanol–water partition coefficient (Wildman–Crippen LogP) is 5.47. The second-order valence-electron chi connectivity index (χ2n) is 11.6. The molecule has 210 valence electrons. The number of carbonyl (C=O) groups excluding carboxylic acids is 1. The van der Waals surface area contributed by atoms with Crippen LogP contribution in [0.3, 0.4) is 0 Å². The first-order valence-electron chi connectivity index (χ1n) is 13.5. The molecule has 9 nitrogen and oxygen atoms in total. The largest absolute Gasteiger partial charge is 0.444 e. The number of imidazole rings is 1. The normalized spacial score (nSPS) is 20.9. The molecule has 0 saturated carbocycles. The third-order valence-electron chi connectivity index (χ3n) is 7.75. The quantitative estimate of drug-likeness (QED) is 0.349. The van der Waals surface area contributed by atoms with Crippen molar-refractivity contribution in [3.63, 3.8) is 0 Å². The Kier molecular flexibility index (Phi) is 6.82. The molecule has 1 aromatic carbocycles. The van der Waals surface area contributed by atoms with E-state index in [0.717, 1.165) is 52.7 Å². The zero-order valence-electron chi connectivity index (χ0n) is 23.1. The lowest BCUT2D eigenvalue weighted by Gasteiger charge is -2.43. The predicted molar refractivity (Wildman–Crippen MR) is 151 cm³/mol. The summed E-state index contributed by atoms with van der Waals surface area (Å²) in [4.78, 5) is 30.3. The number of hydrogen-bond donors (Lipinski definition) is 1. The molecule has 1 spiro atoms. The zero-order chi connectivity index (χ0) is 28.1. The van der Waals surface area contributed by atoms with Gasteiger partial charge in [-0.05, 0) is 52.7 Å². The molecule has 40 heavy (non-hydrogen) atoms. The molecule has 2 fully saturated rings. The third-order valence-corrected chi connectivity index (χ3v) is 8.84. The van der Waals surface area contributed by atoms with Gasteiger partial charge in [-0.2, -0.15) is 0 Å². The lowest BCUT2D eigenvalue weighted by Crippen LogP contribution is -2.55. The minimum atomic E-state index is -0.559. The Morgan fingerprint density at radius 2 is 1.95 bits per heavy atom. The van der Waals surface area contributed by atoms with Crippen molar-refractivity contribution in [1.82, 2.24) is 24.7 Å². The number of nitrogens with one attached hydrogen (secondary N) is 1. The Morgan fingerprint density at radius 3 is 2.73 bits per heavy atom. The fourth-order valence-electron chi connectivity index (χ4n) is 5.81. The second-order valence-corrected chi connectivity index (χ2v) is 12.7. The van der Waals surface area contributed by atoms with Gasteiger partial charge in [0.2, 0.25) is 5.95 Å². The summed E-state index contributed by atoms with van der Waals surface area (Å²) >= 11 is 1.50. The average molecular weight is 565 g/mol. The molecule has 1 amide bonds. The smallest absolute Gasteiger partial charge is 0.407 e. The molecule has 4 aromatic rings. The molecule has 0 bridgehead atoms. The van der Waals surface area contributed by atoms with Crippen LogP contribution >= 0.6 is 11.8 Å². The highest BCUT2D eigenvalue weighted by molar-refractivity contribution is 7.99. The van der Waals surface area contributed by atoms with Crippen LogP contribution in [-0.4, -0.2) is 62.9 Å². The number of para-hydroxylation sites is 1. The van der Waals surface area contributed by atoms with E-state index in [2.05, 4.69) is 20.2 Å². The number of piperidine rings is 1. The van der Waals surface area contributed by atoms with Gasteiger partial charge >= 0.3 is 6.09 Å². The zero-order valence-corrected chi connectivity index (χ0v) is 23.9. The first-order chi connectivity index (χ1) is 19.1. The number of fused-ring (bicyclic) bond motifs is 2. The fourth-order valence-corrected chi connectivity index (χ4v) is 6.79. The van der Waals surface area contributed by atoms with Crippen molar-refractivity contribution in [1.29, 1.82) is 0 Å². The molecule has 6 rings (SSSR count). The monoisotopic (exact) mass is 564 g/mol. The topological polar surface area (TPSA) is 93.9 Å². The molecule has 2 atom stereocenters. The summed E-state index contributed by atoms with van der Waals surface area (Å²) < 4.78 is 27.9. The van der Waals surface area contributed by atoms with E-state index < -0.39 is 11.7 Å². The summed E-state index contributed by atoms with van der Waals surface area (Å²) in [6.45, 7) is 9.74. The van der Waals surface area contributed by atoms with E-state index in [1.54, 1.807) is 18.5 Å². The van der Waals surface area contributed by atoms with Gasteiger partial charge in [0, 0.05) is 53.6 Å². The number of anilines is 1. The molecular formula is C29H33FN6O3S. The molecule has 1 N–H and O–H groups in total. The number of amides is 1. The molecule has 0 radical (unpaired) electrons. The number of carbonyl (C=O) groups is 1. The lowest BCUT2D eigenvalue weighted by atomic mass is 9.73. The van der Waals surface area contributed by atoms with Crippen LogP contribution in [0.25, 0.3) is 16.6 Å². The molecule has 2 aliphatic rings. The number of rotatable bonds is 4. The summed E-state index contributed by atoms with van der Waals surface area (Å²) in [5.74, 6) is 0.480. The van der Waals surface area contributed by atoms with Crippen LogP contribution in [0.15, 0.2) is 58.8 Å². The summed E-state index contributed by atoms with van der Waals surface area (Å²) in [7, 11) is 0. The molecule has 3 aromatic heterocycles. The van der Waals surface area contributed by atoms with E-state index in [1.165, 1.54) is 17.8 Å². The maximum Gasteiger partial charge on any atom is 0.407 e. The highest BCUT2D eigenvalue weighted by Crippen LogP contribution is 2.43. The molecule has 2 aliphatic heterocycles. The number of nitrogens with zero attached hydrogens (tertiary/aromatic N) is 5. The van der Waals surface area contributed by atoms with Crippen LogP contribution < -0.4 is 10.2 Å². The molecular weight excluding hydrogens is 531 g/mol. The highest BCUT2D eigenvalue weighted by atomic mass is 32.2. The number of benzene rings is 1. The van der Waals surface area contributed by atoms with Crippen LogP contribution in [0.1, 0.15) is 40.5 Å². The van der Waals surface area contributed by atoms with E-state index >= 15 is 0 Å². The maximum absolute atomic E-state index is 14.3. The van der Waals surface area contributed by atoms with E-state index in [9.17, 15) is 9.18 Å². The molecule has 0 unspecified atom stereocenters. The average Bonchev–Trinajstić information content (AvgIpc) is 3.51. The Hall–Kier alpha value is -3.44. The lowest BCUT2D eigenvalue weighted by molar-refractivity contribution is 0.0434. The van der Waals surface area contributed by atoms with Crippen molar-refractivity contribution < 1.29 is 18.7 Å². The van der Waals surface area contributed by atoms with Gasteiger partial charge in [0.1, 0.15) is 16.9 Å². The van der Waals surface area contributed by atoms with Crippen LogP contribution in [0.5, 0.6) is 0 Å². The number of hydrogen-bond acceptors (Lipinski definition) is 8. The van der Waals surface area contributed by atoms with Crippen molar-refractivity contribution in [2.75, 3.05) is 24.6 Å². The van der Waals surface area contributed by atoms with Crippen molar-refractivity contribution in [2.45, 2.75) is 68.1 Å². The van der Waals surface area contributed by atoms with Gasteiger partial charge in [-0.1, -0.05) is 23.9 Å². The Balaban J connectivity index is 1.21. The van der Waals surface area contributed by atoms with Crippen LogP contribution in [-0.2, 0) is 9.47 Å². The fraction of sp³-hybridized carbons (Fsp3) is 0.448. The number of aromatic nitrogens is 4. The van der Waals surface area contributed by atoms with Gasteiger partial charge in [0.15, 0.2) is 5.65 Å². The van der Waals surface area contributed by atoms with Gasteiger partial charge in [-0.15, -0.1) is 0 Å². The van der Waals surface area contributed by atoms with E-state index in [0.29, 0.717) is 12.1 Å². The Labute approximate surface area is 236 Å². The standard InChI is InChI=1S/C29H33FN6O3S/c1-18-24(34-27(37)39-28(2,3)4)29(17-38-18)9-13-35(14-10-29)26-33-16-22(25-32-12-15-36(25)26)40-21-8-11-31-23-19(21)6-5-7-20(23)30/h5-8,11-12,15-16,18,24H,9-10,13-14,17H2,1-4H3,(H,34,37)/t18-,24+/m0/s1. The van der Waals surface area contributed by atoms with Gasteiger partial charge in [0.05, 0.1) is 23.6 Å². The summed E-state index contributed by atoms with van der Waals surface area (Å²) in [5.41, 5.74) is 0.423. The summed E-state index contributed by atoms with van der Waals surface area (Å²) in [6.07, 6.45) is 8.36. The summed E-state index contributed by atoms with van der Waals surface area (Å²) in [5, 5.41) is 3.86. The van der Waals surface area contributed by atoms with E-state index in [-0.39, 0.29) is 23.4 Å². The van der Waals surface area contributed by atoms with Gasteiger partial charge < -0.3 is 19.7 Å². The first-order valence-corrected chi connectivity index (χ1v) is 14.3. The van der Waals surface area contributed by atoms with E-state index in [4.69, 9.17) is 14.5 Å². The maximum atomic E-state index is 14.3. The minimum Gasteiger partial charge on any atom is -0.444 e. The number of halogens is 1. The van der Waals surface area contributed by atoms with Crippen LogP contribution in [0.2, 0.25) is 0 Å². The van der Waals surface area contributed by atoms with Crippen LogP contribution in [0.4, 0.5) is 15.1 Å². The van der Waals surface area contributed by atoms with Crippen molar-refractivity contribution in [2.24, 2.45) is 5.41 Å². The number of ether oxygens (including phenoxy) is 2. The third kappa shape index (κ3) is 4.96. The van der Waals surface area contributed by atoms with Gasteiger partial charge in [-0.3, -0.25) is 9.38 Å². The van der Waals surface area contributed by atoms with Crippen molar-refractivity contribution in [3.8, 4) is 0 Å². The van der Waals surface area contributed by atoms with E-state index in [1.807, 2.05) is 56.6 Å². The number of alkyl carbamates (subject to hydrolysis) is 1. The summed E-state index contributed by atoms with van der Waals surface area (Å²) in [6, 6.07) is 6.76. The minimum absolute atomic E-state index is 0.0911. The van der Waals surface area contributed by atoms with Gasteiger partial charge in [0.25, 0.3) is 0 Å². The molecule has 11 heteroatoms.